The van der Waals surface area contributed by atoms with E-state index in [1.54, 1.807) is 6.20 Å². The van der Waals surface area contributed by atoms with Crippen LogP contribution in [0.1, 0.15) is 19.3 Å². The number of halogens is 1. The third kappa shape index (κ3) is 4.51. The second kappa shape index (κ2) is 8.72. The van der Waals surface area contributed by atoms with Crippen LogP contribution < -0.4 is 4.74 Å². The Kier molecular flexibility index (Phi) is 5.89. The monoisotopic (exact) mass is 394 g/mol. The first-order valence-electron chi connectivity index (χ1n) is 9.70. The van der Waals surface area contributed by atoms with Gasteiger partial charge in [-0.25, -0.2) is 4.98 Å². The molecule has 0 aliphatic carbocycles. The number of aldehydes is 1. The molecule has 0 radical (unpaired) electrons. The van der Waals surface area contributed by atoms with E-state index in [9.17, 15) is 4.79 Å². The molecule has 0 bridgehead atoms. The van der Waals surface area contributed by atoms with E-state index >= 15 is 0 Å². The van der Waals surface area contributed by atoms with Crippen LogP contribution in [0.15, 0.2) is 54.7 Å². The number of nitrogens with zero attached hydrogens (tertiary/aromatic N) is 2. The molecule has 4 rings (SSSR count). The fraction of sp³-hybridized carbons (Fsp3) is 0.304. The van der Waals surface area contributed by atoms with Gasteiger partial charge in [0.05, 0.1) is 0 Å². The van der Waals surface area contributed by atoms with Crippen molar-refractivity contribution in [3.8, 4) is 16.9 Å². The van der Waals surface area contributed by atoms with Crippen LogP contribution in [-0.2, 0) is 4.79 Å². The quantitative estimate of drug-likeness (QED) is 0.436. The van der Waals surface area contributed by atoms with E-state index in [-0.39, 0.29) is 6.10 Å². The zero-order valence-electron chi connectivity index (χ0n) is 15.7. The van der Waals surface area contributed by atoms with Gasteiger partial charge in [-0.05, 0) is 53.6 Å². The molecule has 1 saturated heterocycles. The minimum atomic E-state index is 0.244. The molecule has 0 N–H and O–H groups in total. The van der Waals surface area contributed by atoms with Gasteiger partial charge in [0.1, 0.15) is 23.3 Å². The number of pyridine rings is 1. The highest BCUT2D eigenvalue weighted by molar-refractivity contribution is 6.30. The lowest BCUT2D eigenvalue weighted by Crippen LogP contribution is -2.38. The van der Waals surface area contributed by atoms with Crippen molar-refractivity contribution in [2.24, 2.45) is 0 Å². The van der Waals surface area contributed by atoms with Crippen molar-refractivity contribution in [1.29, 1.82) is 0 Å². The number of carbonyl (C=O) groups excluding carboxylic acids is 1. The SMILES string of the molecule is O=CCCN1CCC(Oc2ccc(-c3ccc4cnc(Cl)cc4c3)cc2)CC1. The van der Waals surface area contributed by atoms with Gasteiger partial charge >= 0.3 is 0 Å². The maximum Gasteiger partial charge on any atom is 0.129 e. The Morgan fingerprint density at radius 2 is 1.79 bits per heavy atom. The van der Waals surface area contributed by atoms with Crippen LogP contribution in [0.25, 0.3) is 21.9 Å². The van der Waals surface area contributed by atoms with Crippen LogP contribution in [0.4, 0.5) is 0 Å². The van der Waals surface area contributed by atoms with E-state index in [0.717, 1.165) is 66.4 Å². The topological polar surface area (TPSA) is 42.4 Å². The smallest absolute Gasteiger partial charge is 0.129 e. The highest BCUT2D eigenvalue weighted by atomic mass is 35.5. The summed E-state index contributed by atoms with van der Waals surface area (Å²) in [7, 11) is 0. The first-order valence-corrected chi connectivity index (χ1v) is 10.1. The first kappa shape index (κ1) is 18.9. The maximum atomic E-state index is 10.5. The fourth-order valence-corrected chi connectivity index (χ4v) is 3.86. The highest BCUT2D eigenvalue weighted by Gasteiger charge is 2.20. The highest BCUT2D eigenvalue weighted by Crippen LogP contribution is 2.28. The van der Waals surface area contributed by atoms with Crippen LogP contribution in [0.5, 0.6) is 5.75 Å². The molecular weight excluding hydrogens is 372 g/mol. The van der Waals surface area contributed by atoms with Crippen molar-refractivity contribution in [2.45, 2.75) is 25.4 Å². The van der Waals surface area contributed by atoms with E-state index < -0.39 is 0 Å². The number of aromatic nitrogens is 1. The van der Waals surface area contributed by atoms with Gasteiger partial charge in [-0.15, -0.1) is 0 Å². The lowest BCUT2D eigenvalue weighted by Gasteiger charge is -2.31. The molecular formula is C23H23ClN2O2. The summed E-state index contributed by atoms with van der Waals surface area (Å²) >= 11 is 6.02. The molecule has 1 fully saturated rings. The summed E-state index contributed by atoms with van der Waals surface area (Å²) < 4.78 is 6.16. The van der Waals surface area contributed by atoms with Gasteiger partial charge in [0, 0.05) is 37.6 Å². The fourth-order valence-electron chi connectivity index (χ4n) is 3.70. The predicted octanol–water partition coefficient (Wildman–Crippen LogP) is 4.99. The molecule has 1 aromatic heterocycles. The number of carbonyl (C=O) groups is 1. The lowest BCUT2D eigenvalue weighted by atomic mass is 10.0. The zero-order chi connectivity index (χ0) is 19.3. The molecule has 4 nitrogen and oxygen atoms in total. The van der Waals surface area contributed by atoms with E-state index in [1.165, 1.54) is 0 Å². The molecule has 144 valence electrons. The summed E-state index contributed by atoms with van der Waals surface area (Å²) in [6.45, 7) is 2.84. The second-order valence-corrected chi connectivity index (χ2v) is 7.59. The Labute approximate surface area is 170 Å². The molecule has 1 aliphatic rings. The normalized spacial score (nSPS) is 15.6. The Bertz CT molecular complexity index is 950. The van der Waals surface area contributed by atoms with E-state index in [1.807, 2.05) is 18.2 Å². The minimum absolute atomic E-state index is 0.244. The number of hydrogen-bond donors (Lipinski definition) is 0. The van der Waals surface area contributed by atoms with Crippen molar-refractivity contribution >= 4 is 28.7 Å². The van der Waals surface area contributed by atoms with Gasteiger partial charge in [0.2, 0.25) is 0 Å². The molecule has 0 spiro atoms. The van der Waals surface area contributed by atoms with Crippen LogP contribution in [0, 0.1) is 0 Å². The van der Waals surface area contributed by atoms with Gasteiger partial charge < -0.3 is 14.4 Å². The number of rotatable bonds is 6. The number of benzene rings is 2. The van der Waals surface area contributed by atoms with Crippen molar-refractivity contribution in [1.82, 2.24) is 9.88 Å². The minimum Gasteiger partial charge on any atom is -0.490 e. The molecule has 2 heterocycles. The van der Waals surface area contributed by atoms with E-state index in [4.69, 9.17) is 16.3 Å². The molecule has 0 amide bonds. The zero-order valence-corrected chi connectivity index (χ0v) is 16.4. The number of hydrogen-bond acceptors (Lipinski definition) is 4. The average Bonchev–Trinajstić information content (AvgIpc) is 2.73. The Hall–Kier alpha value is -2.43. The van der Waals surface area contributed by atoms with Gasteiger partial charge in [0.25, 0.3) is 0 Å². The van der Waals surface area contributed by atoms with Crippen LogP contribution in [0.3, 0.4) is 0 Å². The standard InChI is InChI=1S/C23H23ClN2O2/c24-23-15-20-14-18(2-3-19(20)16-25-23)17-4-6-21(7-5-17)28-22-8-11-26(12-9-22)10-1-13-27/h2-7,13-16,22H,1,8-12H2. The van der Waals surface area contributed by atoms with Crippen molar-refractivity contribution in [3.63, 3.8) is 0 Å². The van der Waals surface area contributed by atoms with Crippen molar-refractivity contribution in [2.75, 3.05) is 19.6 Å². The van der Waals surface area contributed by atoms with E-state index in [0.29, 0.717) is 11.6 Å². The van der Waals surface area contributed by atoms with Crippen LogP contribution in [0.2, 0.25) is 5.15 Å². The molecule has 0 unspecified atom stereocenters. The summed E-state index contributed by atoms with van der Waals surface area (Å²) in [5.41, 5.74) is 2.29. The third-order valence-electron chi connectivity index (χ3n) is 5.28. The molecule has 28 heavy (non-hydrogen) atoms. The summed E-state index contributed by atoms with van der Waals surface area (Å²) in [4.78, 5) is 17.0. The molecule has 0 saturated carbocycles. The van der Waals surface area contributed by atoms with Gasteiger partial charge in [-0.1, -0.05) is 35.9 Å². The second-order valence-electron chi connectivity index (χ2n) is 7.21. The number of piperidine rings is 1. The van der Waals surface area contributed by atoms with Gasteiger partial charge in [-0.2, -0.15) is 0 Å². The Morgan fingerprint density at radius 3 is 2.54 bits per heavy atom. The first-order chi connectivity index (χ1) is 13.7. The van der Waals surface area contributed by atoms with Gasteiger partial charge in [-0.3, -0.25) is 0 Å². The Morgan fingerprint density at radius 1 is 1.04 bits per heavy atom. The predicted molar refractivity (Wildman–Crippen MR) is 113 cm³/mol. The van der Waals surface area contributed by atoms with Gasteiger partial charge in [0.15, 0.2) is 0 Å². The summed E-state index contributed by atoms with van der Waals surface area (Å²) in [6.07, 6.45) is 5.65. The summed E-state index contributed by atoms with van der Waals surface area (Å²) in [6, 6.07) is 16.5. The molecule has 1 aliphatic heterocycles. The summed E-state index contributed by atoms with van der Waals surface area (Å²) in [5, 5.41) is 2.66. The van der Waals surface area contributed by atoms with Crippen molar-refractivity contribution in [3.05, 3.63) is 59.9 Å². The lowest BCUT2D eigenvalue weighted by molar-refractivity contribution is -0.108. The average molecular weight is 395 g/mol. The van der Waals surface area contributed by atoms with Crippen molar-refractivity contribution < 1.29 is 9.53 Å². The maximum absolute atomic E-state index is 10.5. The number of ether oxygens (including phenoxy) is 1. The Balaban J connectivity index is 1.40. The number of likely N-dealkylation sites (tertiary alicyclic amines) is 1. The summed E-state index contributed by atoms with van der Waals surface area (Å²) in [5.74, 6) is 0.906. The molecule has 3 aromatic rings. The number of fused-ring (bicyclic) bond motifs is 1. The molecule has 0 atom stereocenters. The molecule has 5 heteroatoms. The largest absolute Gasteiger partial charge is 0.490 e. The van der Waals surface area contributed by atoms with E-state index in [2.05, 4.69) is 40.2 Å². The van der Waals surface area contributed by atoms with Crippen LogP contribution in [-0.4, -0.2) is 41.9 Å². The van der Waals surface area contributed by atoms with Crippen LogP contribution >= 0.6 is 11.6 Å². The third-order valence-corrected chi connectivity index (χ3v) is 5.48. The molecule has 2 aromatic carbocycles.